The maximum absolute atomic E-state index is 12.2. The number of alkyl halides is 4. The van der Waals surface area contributed by atoms with E-state index in [4.69, 9.17) is 0 Å². The van der Waals surface area contributed by atoms with Crippen LogP contribution in [0.3, 0.4) is 0 Å². The number of halogens is 4. The Balaban J connectivity index is 2.94. The minimum Gasteiger partial charge on any atom is -0.224 e. The number of rotatable bonds is 3. The maximum Gasteiger partial charge on any atom is 0.402 e. The molecule has 0 fully saturated rings. The fourth-order valence-corrected chi connectivity index (χ4v) is 3.49. The summed E-state index contributed by atoms with van der Waals surface area (Å²) in [5.74, 6) is -1.00. The molecule has 0 aliphatic rings. The van der Waals surface area contributed by atoms with Gasteiger partial charge >= 0.3 is 6.18 Å². The van der Waals surface area contributed by atoms with Crippen LogP contribution in [0.4, 0.5) is 13.2 Å². The van der Waals surface area contributed by atoms with Crippen molar-refractivity contribution in [3.05, 3.63) is 29.8 Å². The predicted molar refractivity (Wildman–Crippen MR) is 62.0 cm³/mol. The fraction of sp³-hybridized carbons (Fsp3) is 0.400. The average Bonchev–Trinajstić information content (AvgIpc) is 2.16. The molecule has 2 nitrogen and oxygen atoms in total. The SMILES string of the molecule is Cc1ccc(S(=O)(=O)CC(Br)C(F)(F)F)cc1. The van der Waals surface area contributed by atoms with Gasteiger partial charge in [-0.15, -0.1) is 0 Å². The van der Waals surface area contributed by atoms with Crippen LogP contribution in [0.5, 0.6) is 0 Å². The third-order valence-electron chi connectivity index (χ3n) is 2.10. The van der Waals surface area contributed by atoms with Gasteiger partial charge in [0.2, 0.25) is 0 Å². The van der Waals surface area contributed by atoms with E-state index in [0.717, 1.165) is 5.56 Å². The second-order valence-electron chi connectivity index (χ2n) is 3.60. The van der Waals surface area contributed by atoms with Crippen LogP contribution < -0.4 is 0 Å². The lowest BCUT2D eigenvalue weighted by molar-refractivity contribution is -0.123. The molecule has 0 aliphatic carbocycles. The van der Waals surface area contributed by atoms with Crippen LogP contribution >= 0.6 is 15.9 Å². The molecular formula is C10H10BrF3O2S. The van der Waals surface area contributed by atoms with Gasteiger partial charge in [-0.1, -0.05) is 33.6 Å². The Morgan fingerprint density at radius 2 is 1.71 bits per heavy atom. The number of aryl methyl sites for hydroxylation is 1. The topological polar surface area (TPSA) is 34.1 Å². The van der Waals surface area contributed by atoms with Crippen molar-refractivity contribution in [1.29, 1.82) is 0 Å². The van der Waals surface area contributed by atoms with Gasteiger partial charge in [-0.2, -0.15) is 13.2 Å². The number of hydrogen-bond acceptors (Lipinski definition) is 2. The molecule has 0 saturated heterocycles. The summed E-state index contributed by atoms with van der Waals surface area (Å²) < 4.78 is 60.1. The van der Waals surface area contributed by atoms with E-state index in [1.54, 1.807) is 19.1 Å². The summed E-state index contributed by atoms with van der Waals surface area (Å²) >= 11 is 2.34. The minimum atomic E-state index is -4.57. The highest BCUT2D eigenvalue weighted by Crippen LogP contribution is 2.29. The number of hydrogen-bond donors (Lipinski definition) is 0. The molecule has 96 valence electrons. The molecule has 0 aromatic heterocycles. The lowest BCUT2D eigenvalue weighted by Gasteiger charge is -2.14. The van der Waals surface area contributed by atoms with E-state index < -0.39 is 26.6 Å². The van der Waals surface area contributed by atoms with Crippen LogP contribution in [0, 0.1) is 6.92 Å². The summed E-state index contributed by atoms with van der Waals surface area (Å²) in [4.78, 5) is -2.15. The van der Waals surface area contributed by atoms with Gasteiger partial charge in [-0.05, 0) is 19.1 Å². The van der Waals surface area contributed by atoms with Gasteiger partial charge in [0.15, 0.2) is 9.84 Å². The van der Waals surface area contributed by atoms with Crippen molar-refractivity contribution in [2.45, 2.75) is 22.8 Å². The standard InChI is InChI=1S/C10H10BrF3O2S/c1-7-2-4-8(5-3-7)17(15,16)6-9(11)10(12,13)14/h2-5,9H,6H2,1H3. The summed E-state index contributed by atoms with van der Waals surface area (Å²) in [5.41, 5.74) is 0.843. The largest absolute Gasteiger partial charge is 0.402 e. The van der Waals surface area contributed by atoms with Crippen LogP contribution in [0.2, 0.25) is 0 Å². The Morgan fingerprint density at radius 3 is 2.12 bits per heavy atom. The first kappa shape index (κ1) is 14.5. The minimum absolute atomic E-state index is 0.100. The van der Waals surface area contributed by atoms with E-state index in [2.05, 4.69) is 15.9 Å². The van der Waals surface area contributed by atoms with Crippen LogP contribution in [-0.4, -0.2) is 25.2 Å². The molecule has 0 N–H and O–H groups in total. The maximum atomic E-state index is 12.2. The lowest BCUT2D eigenvalue weighted by atomic mass is 10.2. The Morgan fingerprint density at radius 1 is 1.24 bits per heavy atom. The molecule has 1 aromatic carbocycles. The first-order valence-electron chi connectivity index (χ1n) is 4.63. The van der Waals surface area contributed by atoms with Crippen LogP contribution in [0.1, 0.15) is 5.56 Å². The van der Waals surface area contributed by atoms with Crippen LogP contribution in [0.15, 0.2) is 29.2 Å². The zero-order valence-electron chi connectivity index (χ0n) is 8.83. The third-order valence-corrected chi connectivity index (χ3v) is 5.14. The highest BCUT2D eigenvalue weighted by Gasteiger charge is 2.40. The normalized spacial score (nSPS) is 14.6. The Bertz CT molecular complexity index is 479. The molecule has 0 spiro atoms. The summed E-state index contributed by atoms with van der Waals surface area (Å²) in [7, 11) is -3.93. The van der Waals surface area contributed by atoms with Gasteiger partial charge in [0.1, 0.15) is 4.83 Å². The first-order valence-corrected chi connectivity index (χ1v) is 7.20. The molecule has 7 heteroatoms. The third kappa shape index (κ3) is 3.99. The van der Waals surface area contributed by atoms with Crippen molar-refractivity contribution >= 4 is 25.8 Å². The monoisotopic (exact) mass is 330 g/mol. The van der Waals surface area contributed by atoms with Crippen molar-refractivity contribution in [1.82, 2.24) is 0 Å². The molecule has 0 saturated carbocycles. The van der Waals surface area contributed by atoms with E-state index in [-0.39, 0.29) is 4.90 Å². The van der Waals surface area contributed by atoms with Gasteiger partial charge in [-0.3, -0.25) is 0 Å². The molecule has 1 aromatic rings. The molecule has 1 unspecified atom stereocenters. The molecule has 0 bridgehead atoms. The average molecular weight is 331 g/mol. The molecule has 0 aliphatic heterocycles. The van der Waals surface area contributed by atoms with Gasteiger partial charge in [-0.25, -0.2) is 8.42 Å². The summed E-state index contributed by atoms with van der Waals surface area (Å²) in [6, 6.07) is 5.70. The van der Waals surface area contributed by atoms with Gasteiger partial charge in [0.25, 0.3) is 0 Å². The van der Waals surface area contributed by atoms with Crippen molar-refractivity contribution in [2.24, 2.45) is 0 Å². The lowest BCUT2D eigenvalue weighted by Crippen LogP contribution is -2.30. The van der Waals surface area contributed by atoms with Crippen LogP contribution in [-0.2, 0) is 9.84 Å². The van der Waals surface area contributed by atoms with Gasteiger partial charge < -0.3 is 0 Å². The van der Waals surface area contributed by atoms with E-state index in [9.17, 15) is 21.6 Å². The Kier molecular flexibility index (Phi) is 4.24. The second-order valence-corrected chi connectivity index (χ2v) is 6.74. The molecular weight excluding hydrogens is 321 g/mol. The van der Waals surface area contributed by atoms with E-state index in [1.165, 1.54) is 12.1 Å². The van der Waals surface area contributed by atoms with Crippen molar-refractivity contribution < 1.29 is 21.6 Å². The van der Waals surface area contributed by atoms with Crippen molar-refractivity contribution in [2.75, 3.05) is 5.75 Å². The molecule has 1 atom stereocenters. The van der Waals surface area contributed by atoms with Crippen molar-refractivity contribution in [3.8, 4) is 0 Å². The van der Waals surface area contributed by atoms with Gasteiger partial charge in [0.05, 0.1) is 10.6 Å². The van der Waals surface area contributed by atoms with E-state index >= 15 is 0 Å². The molecule has 0 heterocycles. The Labute approximate surface area is 106 Å². The van der Waals surface area contributed by atoms with Crippen LogP contribution in [0.25, 0.3) is 0 Å². The van der Waals surface area contributed by atoms with E-state index in [0.29, 0.717) is 0 Å². The predicted octanol–water partition coefficient (Wildman–Crippen LogP) is 3.09. The molecule has 1 rings (SSSR count). The van der Waals surface area contributed by atoms with E-state index in [1.807, 2.05) is 0 Å². The summed E-state index contributed by atoms with van der Waals surface area (Å²) in [6.07, 6.45) is -4.57. The zero-order valence-corrected chi connectivity index (χ0v) is 11.2. The number of sulfone groups is 1. The van der Waals surface area contributed by atoms with Crippen molar-refractivity contribution in [3.63, 3.8) is 0 Å². The molecule has 0 radical (unpaired) electrons. The number of benzene rings is 1. The fourth-order valence-electron chi connectivity index (χ4n) is 1.13. The second kappa shape index (κ2) is 4.97. The highest BCUT2D eigenvalue weighted by molar-refractivity contribution is 9.09. The molecule has 0 amide bonds. The molecule has 17 heavy (non-hydrogen) atoms. The smallest absolute Gasteiger partial charge is 0.224 e. The quantitative estimate of drug-likeness (QED) is 0.798. The zero-order chi connectivity index (χ0) is 13.3. The Hall–Kier alpha value is -0.560. The first-order chi connectivity index (χ1) is 7.63. The summed E-state index contributed by atoms with van der Waals surface area (Å²) in [6.45, 7) is 1.76. The highest BCUT2D eigenvalue weighted by atomic mass is 79.9. The summed E-state index contributed by atoms with van der Waals surface area (Å²) in [5, 5.41) is 0. The van der Waals surface area contributed by atoms with Gasteiger partial charge in [0, 0.05) is 0 Å².